The molecule has 1 amide bonds. The average Bonchev–Trinajstić information content (AvgIpc) is 2.90. The van der Waals surface area contributed by atoms with Gasteiger partial charge in [-0.15, -0.1) is 0 Å². The highest BCUT2D eigenvalue weighted by molar-refractivity contribution is 5.92. The van der Waals surface area contributed by atoms with Gasteiger partial charge in [-0.25, -0.2) is 15.0 Å². The van der Waals surface area contributed by atoms with Gasteiger partial charge in [0, 0.05) is 27.2 Å². The van der Waals surface area contributed by atoms with Gasteiger partial charge in [0.2, 0.25) is 5.95 Å². The fourth-order valence-corrected chi connectivity index (χ4v) is 1.71. The first-order valence-corrected chi connectivity index (χ1v) is 6.33. The summed E-state index contributed by atoms with van der Waals surface area (Å²) < 4.78 is 17.7. The van der Waals surface area contributed by atoms with E-state index in [1.54, 1.807) is 25.9 Å². The third kappa shape index (κ3) is 3.53. The molecule has 0 aliphatic rings. The van der Waals surface area contributed by atoms with Gasteiger partial charge in [-0.3, -0.25) is 4.79 Å². The normalized spacial score (nSPS) is 10.5. The molecule has 0 fully saturated rings. The predicted octanol–water partition coefficient (Wildman–Crippen LogP) is 1.12. The summed E-state index contributed by atoms with van der Waals surface area (Å²) in [6, 6.07) is 0. The monoisotopic (exact) mass is 293 g/mol. The van der Waals surface area contributed by atoms with Crippen molar-refractivity contribution in [2.75, 3.05) is 32.1 Å². The molecule has 0 aliphatic heterocycles. The van der Waals surface area contributed by atoms with Crippen molar-refractivity contribution in [3.05, 3.63) is 36.2 Å². The molecule has 0 saturated carbocycles. The van der Waals surface area contributed by atoms with Crippen LogP contribution in [0.4, 0.5) is 10.2 Å². The lowest BCUT2D eigenvalue weighted by molar-refractivity contribution is 0.0792. The Morgan fingerprint density at radius 3 is 2.57 bits per heavy atom. The number of amides is 1. The van der Waals surface area contributed by atoms with Gasteiger partial charge in [-0.05, 0) is 6.92 Å². The van der Waals surface area contributed by atoms with Crippen LogP contribution in [0.3, 0.4) is 0 Å². The van der Waals surface area contributed by atoms with Gasteiger partial charge in [0.15, 0.2) is 12.1 Å². The van der Waals surface area contributed by atoms with Crippen molar-refractivity contribution in [2.45, 2.75) is 6.92 Å². The standard InChI is InChI=1S/C13H16FN5O2/c1-9-12(17-8-21-9)13(20)19(3)5-4-18(2)11-7-15-10(14)6-16-11/h6-8H,4-5H2,1-3H3. The molecular formula is C13H16FN5O2. The summed E-state index contributed by atoms with van der Waals surface area (Å²) in [4.78, 5) is 26.8. The topological polar surface area (TPSA) is 75.4 Å². The maximum absolute atomic E-state index is 12.7. The van der Waals surface area contributed by atoms with E-state index < -0.39 is 5.95 Å². The maximum atomic E-state index is 12.7. The van der Waals surface area contributed by atoms with Crippen molar-refractivity contribution < 1.29 is 13.6 Å². The highest BCUT2D eigenvalue weighted by atomic mass is 19.1. The van der Waals surface area contributed by atoms with Gasteiger partial charge in [0.05, 0.1) is 12.4 Å². The second-order valence-corrected chi connectivity index (χ2v) is 4.60. The quantitative estimate of drug-likeness (QED) is 0.822. The lowest BCUT2D eigenvalue weighted by Crippen LogP contribution is -2.35. The van der Waals surface area contributed by atoms with Crippen molar-refractivity contribution >= 4 is 11.7 Å². The Morgan fingerprint density at radius 2 is 2.00 bits per heavy atom. The number of rotatable bonds is 5. The number of halogens is 1. The minimum atomic E-state index is -0.624. The van der Waals surface area contributed by atoms with Crippen LogP contribution in [-0.2, 0) is 0 Å². The first-order valence-electron chi connectivity index (χ1n) is 6.33. The highest BCUT2D eigenvalue weighted by Gasteiger charge is 2.18. The first kappa shape index (κ1) is 14.9. The van der Waals surface area contributed by atoms with E-state index >= 15 is 0 Å². The molecule has 2 rings (SSSR count). The lowest BCUT2D eigenvalue weighted by Gasteiger charge is -2.22. The fourth-order valence-electron chi connectivity index (χ4n) is 1.71. The molecule has 0 radical (unpaired) electrons. The number of nitrogens with zero attached hydrogens (tertiary/aromatic N) is 5. The number of aryl methyl sites for hydroxylation is 1. The van der Waals surface area contributed by atoms with Crippen LogP contribution in [0.1, 0.15) is 16.2 Å². The Hall–Kier alpha value is -2.51. The zero-order valence-corrected chi connectivity index (χ0v) is 12.1. The Morgan fingerprint density at radius 1 is 1.24 bits per heavy atom. The van der Waals surface area contributed by atoms with Crippen LogP contribution in [-0.4, -0.2) is 52.9 Å². The number of carbonyl (C=O) groups is 1. The van der Waals surface area contributed by atoms with Gasteiger partial charge in [-0.2, -0.15) is 4.39 Å². The molecule has 0 atom stereocenters. The van der Waals surface area contributed by atoms with E-state index in [0.29, 0.717) is 30.4 Å². The number of hydrogen-bond acceptors (Lipinski definition) is 6. The summed E-state index contributed by atoms with van der Waals surface area (Å²) in [6.45, 7) is 2.68. The highest BCUT2D eigenvalue weighted by Crippen LogP contribution is 2.09. The van der Waals surface area contributed by atoms with Crippen molar-refractivity contribution in [1.82, 2.24) is 19.9 Å². The largest absolute Gasteiger partial charge is 0.448 e. The molecule has 0 aromatic carbocycles. The van der Waals surface area contributed by atoms with E-state index in [-0.39, 0.29) is 5.91 Å². The smallest absolute Gasteiger partial charge is 0.275 e. The molecule has 8 heteroatoms. The summed E-state index contributed by atoms with van der Waals surface area (Å²) in [6.07, 6.45) is 3.65. The maximum Gasteiger partial charge on any atom is 0.275 e. The summed E-state index contributed by atoms with van der Waals surface area (Å²) in [5, 5.41) is 0. The average molecular weight is 293 g/mol. The zero-order chi connectivity index (χ0) is 15.4. The van der Waals surface area contributed by atoms with Crippen molar-refractivity contribution in [3.63, 3.8) is 0 Å². The predicted molar refractivity (Wildman–Crippen MR) is 73.5 cm³/mol. The molecule has 2 heterocycles. The van der Waals surface area contributed by atoms with Crippen LogP contribution < -0.4 is 4.90 Å². The van der Waals surface area contributed by atoms with Gasteiger partial charge < -0.3 is 14.2 Å². The molecule has 0 saturated heterocycles. The Bertz CT molecular complexity index is 613. The van der Waals surface area contributed by atoms with Crippen molar-refractivity contribution in [1.29, 1.82) is 0 Å². The van der Waals surface area contributed by atoms with Gasteiger partial charge in [0.25, 0.3) is 5.91 Å². The van der Waals surface area contributed by atoms with E-state index in [1.807, 2.05) is 0 Å². The molecule has 112 valence electrons. The zero-order valence-electron chi connectivity index (χ0n) is 12.1. The van der Waals surface area contributed by atoms with E-state index in [1.165, 1.54) is 17.5 Å². The number of oxazole rings is 1. The molecule has 21 heavy (non-hydrogen) atoms. The SMILES string of the molecule is Cc1ocnc1C(=O)N(C)CCN(C)c1cnc(F)cn1. The van der Waals surface area contributed by atoms with Crippen molar-refractivity contribution in [2.24, 2.45) is 0 Å². The van der Waals surface area contributed by atoms with Crippen LogP contribution >= 0.6 is 0 Å². The minimum absolute atomic E-state index is 0.208. The Labute approximate surface area is 121 Å². The Kier molecular flexibility index (Phi) is 4.46. The van der Waals surface area contributed by atoms with Crippen LogP contribution in [0, 0.1) is 12.9 Å². The molecule has 0 unspecified atom stereocenters. The molecule has 0 spiro atoms. The van der Waals surface area contributed by atoms with E-state index in [9.17, 15) is 9.18 Å². The second kappa shape index (κ2) is 6.29. The number of aromatic nitrogens is 3. The molecular weight excluding hydrogens is 277 g/mol. The fraction of sp³-hybridized carbons (Fsp3) is 0.385. The van der Waals surface area contributed by atoms with E-state index in [4.69, 9.17) is 4.42 Å². The molecule has 7 nitrogen and oxygen atoms in total. The lowest BCUT2D eigenvalue weighted by atomic mass is 10.3. The van der Waals surface area contributed by atoms with Crippen LogP contribution in [0.15, 0.2) is 23.2 Å². The number of hydrogen-bond donors (Lipinski definition) is 0. The van der Waals surface area contributed by atoms with Crippen LogP contribution in [0.2, 0.25) is 0 Å². The summed E-state index contributed by atoms with van der Waals surface area (Å²) in [5.74, 6) is 0.195. The summed E-state index contributed by atoms with van der Waals surface area (Å²) in [5.41, 5.74) is 0.307. The Balaban J connectivity index is 1.91. The van der Waals surface area contributed by atoms with Crippen LogP contribution in [0.25, 0.3) is 0 Å². The third-order valence-corrected chi connectivity index (χ3v) is 3.06. The molecule has 0 aliphatic carbocycles. The summed E-state index contributed by atoms with van der Waals surface area (Å²) in [7, 11) is 3.47. The minimum Gasteiger partial charge on any atom is -0.448 e. The van der Waals surface area contributed by atoms with Gasteiger partial charge >= 0.3 is 0 Å². The number of likely N-dealkylation sites (N-methyl/N-ethyl adjacent to an activating group) is 2. The van der Waals surface area contributed by atoms with Crippen molar-refractivity contribution in [3.8, 4) is 0 Å². The molecule has 0 N–H and O–H groups in total. The first-order chi connectivity index (χ1) is 9.99. The van der Waals surface area contributed by atoms with E-state index in [2.05, 4.69) is 15.0 Å². The molecule has 2 aromatic rings. The van der Waals surface area contributed by atoms with Gasteiger partial charge in [0.1, 0.15) is 11.6 Å². The van der Waals surface area contributed by atoms with Gasteiger partial charge in [-0.1, -0.05) is 0 Å². The second-order valence-electron chi connectivity index (χ2n) is 4.60. The van der Waals surface area contributed by atoms with E-state index in [0.717, 1.165) is 6.20 Å². The molecule has 2 aromatic heterocycles. The third-order valence-electron chi connectivity index (χ3n) is 3.06. The number of carbonyl (C=O) groups excluding carboxylic acids is 1. The molecule has 0 bridgehead atoms. The van der Waals surface area contributed by atoms with Crippen LogP contribution in [0.5, 0.6) is 0 Å². The number of anilines is 1. The summed E-state index contributed by atoms with van der Waals surface area (Å²) >= 11 is 0.